The number of ether oxygens (including phenoxy) is 2. The topological polar surface area (TPSA) is 42.2 Å². The Labute approximate surface area is 115 Å². The average molecular weight is 259 g/mol. The van der Waals surface area contributed by atoms with E-state index in [-0.39, 0.29) is 5.92 Å². The van der Waals surface area contributed by atoms with Crippen LogP contribution in [0.2, 0.25) is 0 Å². The van der Waals surface area contributed by atoms with Gasteiger partial charge in [0, 0.05) is 11.6 Å². The molecule has 0 amide bonds. The van der Waals surface area contributed by atoms with Crippen molar-refractivity contribution in [1.29, 1.82) is 5.26 Å². The van der Waals surface area contributed by atoms with Crippen LogP contribution in [0.15, 0.2) is 18.2 Å². The molecule has 0 spiro atoms. The van der Waals surface area contributed by atoms with Crippen molar-refractivity contribution in [3.63, 3.8) is 0 Å². The summed E-state index contributed by atoms with van der Waals surface area (Å²) in [6, 6.07) is 8.22. The van der Waals surface area contributed by atoms with E-state index < -0.39 is 0 Å². The molecule has 102 valence electrons. The molecule has 3 nitrogen and oxygen atoms in total. The van der Waals surface area contributed by atoms with Crippen molar-refractivity contribution in [2.75, 3.05) is 14.2 Å². The zero-order valence-corrected chi connectivity index (χ0v) is 11.7. The molecule has 0 heterocycles. The highest BCUT2D eigenvalue weighted by Crippen LogP contribution is 2.40. The standard InChI is InChI=1S/C16H21NO2/c1-18-13-8-9-14(16(10-13)19-2)15(11-17)12-6-4-3-5-7-12/h8-10,12,15H,3-7H2,1-2H3. The maximum atomic E-state index is 9.54. The van der Waals surface area contributed by atoms with Gasteiger partial charge in [-0.3, -0.25) is 0 Å². The van der Waals surface area contributed by atoms with Crippen molar-refractivity contribution in [3.8, 4) is 17.6 Å². The number of methoxy groups -OCH3 is 2. The van der Waals surface area contributed by atoms with Crippen molar-refractivity contribution in [3.05, 3.63) is 23.8 Å². The van der Waals surface area contributed by atoms with Crippen LogP contribution in [0.4, 0.5) is 0 Å². The highest BCUT2D eigenvalue weighted by Gasteiger charge is 2.27. The summed E-state index contributed by atoms with van der Waals surface area (Å²) in [6.07, 6.45) is 6.07. The summed E-state index contributed by atoms with van der Waals surface area (Å²) in [5.41, 5.74) is 0.998. The second-order valence-electron chi connectivity index (χ2n) is 5.11. The van der Waals surface area contributed by atoms with Crippen molar-refractivity contribution >= 4 is 0 Å². The summed E-state index contributed by atoms with van der Waals surface area (Å²) < 4.78 is 10.6. The molecule has 19 heavy (non-hydrogen) atoms. The molecule has 0 aliphatic heterocycles. The first-order valence-electron chi connectivity index (χ1n) is 6.91. The summed E-state index contributed by atoms with van der Waals surface area (Å²) in [5, 5.41) is 9.54. The molecular formula is C16H21NO2. The van der Waals surface area contributed by atoms with Gasteiger partial charge in [-0.1, -0.05) is 25.3 Å². The second kappa shape index (κ2) is 6.47. The molecule has 1 unspecified atom stereocenters. The van der Waals surface area contributed by atoms with Gasteiger partial charge in [-0.05, 0) is 24.8 Å². The Morgan fingerprint density at radius 1 is 1.16 bits per heavy atom. The van der Waals surface area contributed by atoms with E-state index >= 15 is 0 Å². The first-order chi connectivity index (χ1) is 9.30. The van der Waals surface area contributed by atoms with Crippen LogP contribution in [0, 0.1) is 17.2 Å². The van der Waals surface area contributed by atoms with Gasteiger partial charge in [-0.15, -0.1) is 0 Å². The first-order valence-corrected chi connectivity index (χ1v) is 6.91. The average Bonchev–Trinajstić information content (AvgIpc) is 2.49. The lowest BCUT2D eigenvalue weighted by atomic mass is 9.77. The lowest BCUT2D eigenvalue weighted by Crippen LogP contribution is -2.15. The van der Waals surface area contributed by atoms with Crippen LogP contribution >= 0.6 is 0 Å². The van der Waals surface area contributed by atoms with Gasteiger partial charge < -0.3 is 9.47 Å². The molecule has 2 rings (SSSR count). The molecule has 0 radical (unpaired) electrons. The molecule has 1 aliphatic rings. The number of hydrogen-bond donors (Lipinski definition) is 0. The van der Waals surface area contributed by atoms with Gasteiger partial charge >= 0.3 is 0 Å². The monoisotopic (exact) mass is 259 g/mol. The lowest BCUT2D eigenvalue weighted by Gasteiger charge is -2.27. The van der Waals surface area contributed by atoms with Gasteiger partial charge in [0.1, 0.15) is 11.5 Å². The normalized spacial score (nSPS) is 17.5. The molecule has 0 saturated heterocycles. The van der Waals surface area contributed by atoms with Crippen molar-refractivity contribution in [2.24, 2.45) is 5.92 Å². The minimum atomic E-state index is -0.0684. The quantitative estimate of drug-likeness (QED) is 0.823. The molecular weight excluding hydrogens is 238 g/mol. The molecule has 0 aromatic heterocycles. The van der Waals surface area contributed by atoms with Crippen LogP contribution in [0.1, 0.15) is 43.6 Å². The highest BCUT2D eigenvalue weighted by atomic mass is 16.5. The summed E-state index contributed by atoms with van der Waals surface area (Å²) >= 11 is 0. The summed E-state index contributed by atoms with van der Waals surface area (Å²) in [5.74, 6) is 1.92. The predicted molar refractivity (Wildman–Crippen MR) is 74.5 cm³/mol. The molecule has 1 fully saturated rings. The number of hydrogen-bond acceptors (Lipinski definition) is 3. The van der Waals surface area contributed by atoms with Gasteiger partial charge in [0.05, 0.1) is 26.2 Å². The Hall–Kier alpha value is -1.69. The Kier molecular flexibility index (Phi) is 4.68. The molecule has 1 aliphatic carbocycles. The minimum absolute atomic E-state index is 0.0684. The van der Waals surface area contributed by atoms with E-state index in [0.717, 1.165) is 29.9 Å². The number of rotatable bonds is 4. The maximum absolute atomic E-state index is 9.54. The van der Waals surface area contributed by atoms with E-state index in [4.69, 9.17) is 9.47 Å². The van der Waals surface area contributed by atoms with Crippen molar-refractivity contribution in [2.45, 2.75) is 38.0 Å². The number of nitrogens with zero attached hydrogens (tertiary/aromatic N) is 1. The fourth-order valence-electron chi connectivity index (χ4n) is 2.97. The number of benzene rings is 1. The zero-order valence-electron chi connectivity index (χ0n) is 11.7. The van der Waals surface area contributed by atoms with E-state index in [0.29, 0.717) is 5.92 Å². The summed E-state index contributed by atoms with van der Waals surface area (Å²) in [4.78, 5) is 0. The molecule has 1 saturated carbocycles. The third-order valence-electron chi connectivity index (χ3n) is 4.04. The van der Waals surface area contributed by atoms with E-state index in [1.165, 1.54) is 19.3 Å². The van der Waals surface area contributed by atoms with E-state index in [9.17, 15) is 5.26 Å². The molecule has 1 aromatic rings. The SMILES string of the molecule is COc1ccc(C(C#N)C2CCCCC2)c(OC)c1. The van der Waals surface area contributed by atoms with E-state index in [1.54, 1.807) is 14.2 Å². The molecule has 1 atom stereocenters. The Morgan fingerprint density at radius 2 is 1.89 bits per heavy atom. The second-order valence-corrected chi connectivity index (χ2v) is 5.11. The first kappa shape index (κ1) is 13.7. The van der Waals surface area contributed by atoms with Gasteiger partial charge in [-0.2, -0.15) is 5.26 Å². The fourth-order valence-corrected chi connectivity index (χ4v) is 2.97. The van der Waals surface area contributed by atoms with Crippen LogP contribution in [0.3, 0.4) is 0 Å². The van der Waals surface area contributed by atoms with Gasteiger partial charge in [-0.25, -0.2) is 0 Å². The molecule has 0 bridgehead atoms. The largest absolute Gasteiger partial charge is 0.497 e. The third-order valence-corrected chi connectivity index (χ3v) is 4.04. The van der Waals surface area contributed by atoms with Crippen molar-refractivity contribution in [1.82, 2.24) is 0 Å². The van der Waals surface area contributed by atoms with Crippen LogP contribution in [-0.4, -0.2) is 14.2 Å². The van der Waals surface area contributed by atoms with Gasteiger partial charge in [0.25, 0.3) is 0 Å². The summed E-state index contributed by atoms with van der Waals surface area (Å²) in [6.45, 7) is 0. The van der Waals surface area contributed by atoms with Gasteiger partial charge in [0.2, 0.25) is 0 Å². The van der Waals surface area contributed by atoms with Crippen LogP contribution in [0.25, 0.3) is 0 Å². The Balaban J connectivity index is 2.29. The zero-order chi connectivity index (χ0) is 13.7. The Morgan fingerprint density at radius 3 is 2.47 bits per heavy atom. The Bertz CT molecular complexity index is 458. The fraction of sp³-hybridized carbons (Fsp3) is 0.562. The number of nitriles is 1. The van der Waals surface area contributed by atoms with E-state index in [2.05, 4.69) is 6.07 Å². The smallest absolute Gasteiger partial charge is 0.127 e. The predicted octanol–water partition coefficient (Wildman–Crippen LogP) is 3.89. The molecule has 1 aromatic carbocycles. The molecule has 0 N–H and O–H groups in total. The van der Waals surface area contributed by atoms with Gasteiger partial charge in [0.15, 0.2) is 0 Å². The minimum Gasteiger partial charge on any atom is -0.497 e. The van der Waals surface area contributed by atoms with Crippen molar-refractivity contribution < 1.29 is 9.47 Å². The summed E-state index contributed by atoms with van der Waals surface area (Å²) in [7, 11) is 3.28. The van der Waals surface area contributed by atoms with E-state index in [1.807, 2.05) is 18.2 Å². The van der Waals surface area contributed by atoms with Crippen LogP contribution in [0.5, 0.6) is 11.5 Å². The van der Waals surface area contributed by atoms with Crippen LogP contribution < -0.4 is 9.47 Å². The lowest BCUT2D eigenvalue weighted by molar-refractivity contribution is 0.326. The molecule has 3 heteroatoms. The maximum Gasteiger partial charge on any atom is 0.127 e. The van der Waals surface area contributed by atoms with Crippen LogP contribution in [-0.2, 0) is 0 Å². The highest BCUT2D eigenvalue weighted by molar-refractivity contribution is 5.45. The third kappa shape index (κ3) is 3.01.